The topological polar surface area (TPSA) is 85.8 Å². The Labute approximate surface area is 196 Å². The number of nitrogens with one attached hydrogen (secondary N) is 3. The lowest BCUT2D eigenvalue weighted by atomic mass is 10.1. The maximum Gasteiger partial charge on any atom is 0.416 e. The molecule has 170 valence electrons. The van der Waals surface area contributed by atoms with Gasteiger partial charge in [0.15, 0.2) is 5.96 Å². The van der Waals surface area contributed by atoms with Crippen LogP contribution in [-0.4, -0.2) is 36.6 Å². The van der Waals surface area contributed by atoms with Crippen LogP contribution in [0.1, 0.15) is 34.8 Å². The molecule has 0 spiro atoms. The van der Waals surface area contributed by atoms with Gasteiger partial charge in [0.1, 0.15) is 5.75 Å². The van der Waals surface area contributed by atoms with Crippen LogP contribution in [0.4, 0.5) is 13.2 Å². The second-order valence-electron chi connectivity index (χ2n) is 6.48. The Kier molecular flexibility index (Phi) is 11.2. The number of aliphatic imine (C=N–C) groups is 1. The van der Waals surface area contributed by atoms with Crippen LogP contribution in [-0.2, 0) is 12.7 Å². The zero-order valence-electron chi connectivity index (χ0n) is 17.0. The van der Waals surface area contributed by atoms with Crippen molar-refractivity contribution in [3.05, 3.63) is 65.2 Å². The molecule has 10 heteroatoms. The fraction of sp³-hybridized carbons (Fsp3) is 0.333. The van der Waals surface area contributed by atoms with Crippen molar-refractivity contribution in [3.63, 3.8) is 0 Å². The number of guanidine groups is 1. The molecule has 0 aliphatic carbocycles. The molecule has 0 saturated carbocycles. The van der Waals surface area contributed by atoms with Crippen molar-refractivity contribution in [1.82, 2.24) is 16.0 Å². The third kappa shape index (κ3) is 9.45. The summed E-state index contributed by atoms with van der Waals surface area (Å²) in [5.74, 6) is 0.224. The van der Waals surface area contributed by atoms with E-state index in [1.54, 1.807) is 18.2 Å². The van der Waals surface area contributed by atoms with E-state index in [2.05, 4.69) is 20.9 Å². The van der Waals surface area contributed by atoms with Gasteiger partial charge in [-0.25, -0.2) is 4.99 Å². The quantitative estimate of drug-likeness (QED) is 0.174. The van der Waals surface area contributed by atoms with Crippen LogP contribution in [0.2, 0.25) is 0 Å². The van der Waals surface area contributed by atoms with Crippen molar-refractivity contribution in [1.29, 1.82) is 0 Å². The van der Waals surface area contributed by atoms with Gasteiger partial charge in [0.2, 0.25) is 0 Å². The molecule has 1 amide bonds. The van der Waals surface area contributed by atoms with E-state index in [1.807, 2.05) is 6.92 Å². The molecular weight excluding hydrogens is 524 g/mol. The number of rotatable bonds is 8. The summed E-state index contributed by atoms with van der Waals surface area (Å²) in [6.07, 6.45) is -3.77. The van der Waals surface area contributed by atoms with E-state index in [9.17, 15) is 23.1 Å². The lowest BCUT2D eigenvalue weighted by molar-refractivity contribution is -0.137. The van der Waals surface area contributed by atoms with Crippen LogP contribution in [0.25, 0.3) is 0 Å². The second-order valence-corrected chi connectivity index (χ2v) is 6.48. The smallest absolute Gasteiger partial charge is 0.416 e. The average molecular weight is 550 g/mol. The number of hydrogen-bond donors (Lipinski definition) is 4. The minimum Gasteiger partial charge on any atom is -0.508 e. The molecule has 0 unspecified atom stereocenters. The molecule has 0 aliphatic heterocycles. The van der Waals surface area contributed by atoms with Gasteiger partial charge in [-0.05, 0) is 49.2 Å². The highest BCUT2D eigenvalue weighted by molar-refractivity contribution is 14.0. The zero-order valence-corrected chi connectivity index (χ0v) is 19.3. The highest BCUT2D eigenvalue weighted by atomic mass is 127. The maximum atomic E-state index is 12.8. The SMILES string of the molecule is CCNC(=NCc1cccc(C(F)(F)F)c1)NCCCNC(=O)c1cccc(O)c1.I. The van der Waals surface area contributed by atoms with Crippen LogP contribution < -0.4 is 16.0 Å². The van der Waals surface area contributed by atoms with Crippen LogP contribution in [0.5, 0.6) is 5.75 Å². The molecule has 0 atom stereocenters. The Morgan fingerprint density at radius 1 is 1.03 bits per heavy atom. The van der Waals surface area contributed by atoms with Gasteiger partial charge in [0.05, 0.1) is 12.1 Å². The highest BCUT2D eigenvalue weighted by Gasteiger charge is 2.30. The number of phenols is 1. The summed E-state index contributed by atoms with van der Waals surface area (Å²) in [7, 11) is 0. The van der Waals surface area contributed by atoms with Gasteiger partial charge in [-0.1, -0.05) is 18.2 Å². The fourth-order valence-corrected chi connectivity index (χ4v) is 2.60. The largest absolute Gasteiger partial charge is 0.508 e. The lowest BCUT2D eigenvalue weighted by Crippen LogP contribution is -2.38. The second kappa shape index (κ2) is 13.0. The van der Waals surface area contributed by atoms with Crippen molar-refractivity contribution < 1.29 is 23.1 Å². The molecule has 2 aromatic rings. The van der Waals surface area contributed by atoms with E-state index in [0.717, 1.165) is 12.1 Å². The highest BCUT2D eigenvalue weighted by Crippen LogP contribution is 2.29. The average Bonchev–Trinajstić information content (AvgIpc) is 2.71. The van der Waals surface area contributed by atoms with Crippen LogP contribution in [0.15, 0.2) is 53.5 Å². The molecule has 0 bridgehead atoms. The first kappa shape index (κ1) is 26.5. The summed E-state index contributed by atoms with van der Waals surface area (Å²) in [6, 6.07) is 11.2. The van der Waals surface area contributed by atoms with Crippen molar-refractivity contribution in [2.24, 2.45) is 4.99 Å². The van der Waals surface area contributed by atoms with Gasteiger partial charge in [-0.3, -0.25) is 4.79 Å². The van der Waals surface area contributed by atoms with Crippen molar-refractivity contribution in [3.8, 4) is 5.75 Å². The third-order valence-electron chi connectivity index (χ3n) is 4.06. The monoisotopic (exact) mass is 550 g/mol. The molecule has 31 heavy (non-hydrogen) atoms. The number of benzene rings is 2. The summed E-state index contributed by atoms with van der Waals surface area (Å²) < 4.78 is 38.4. The molecule has 2 aromatic carbocycles. The number of phenolic OH excluding ortho intramolecular Hbond substituents is 1. The van der Waals surface area contributed by atoms with Gasteiger partial charge < -0.3 is 21.1 Å². The summed E-state index contributed by atoms with van der Waals surface area (Å²) >= 11 is 0. The molecule has 0 radical (unpaired) electrons. The third-order valence-corrected chi connectivity index (χ3v) is 4.06. The molecule has 0 heterocycles. The van der Waals surface area contributed by atoms with Crippen molar-refractivity contribution >= 4 is 35.8 Å². The van der Waals surface area contributed by atoms with Gasteiger partial charge in [0, 0.05) is 25.2 Å². The molecule has 0 aromatic heterocycles. The zero-order chi connectivity index (χ0) is 22.0. The molecule has 0 fully saturated rings. The number of carbonyl (C=O) groups excluding carboxylic acids is 1. The number of hydrogen-bond acceptors (Lipinski definition) is 3. The minimum atomic E-state index is -4.38. The Morgan fingerprint density at radius 3 is 2.42 bits per heavy atom. The Hall–Kier alpha value is -2.50. The van der Waals surface area contributed by atoms with E-state index >= 15 is 0 Å². The molecule has 4 N–H and O–H groups in total. The number of nitrogens with zero attached hydrogens (tertiary/aromatic N) is 1. The first-order valence-electron chi connectivity index (χ1n) is 9.55. The molecule has 6 nitrogen and oxygen atoms in total. The Balaban J connectivity index is 0.00000480. The van der Waals surface area contributed by atoms with E-state index in [0.29, 0.717) is 43.1 Å². The minimum absolute atomic E-state index is 0. The van der Waals surface area contributed by atoms with Gasteiger partial charge >= 0.3 is 6.18 Å². The molecule has 0 aliphatic rings. The molecule has 0 saturated heterocycles. The number of halogens is 4. The van der Waals surface area contributed by atoms with Crippen molar-refractivity contribution in [2.45, 2.75) is 26.1 Å². The first-order valence-corrected chi connectivity index (χ1v) is 9.55. The van der Waals surface area contributed by atoms with Crippen LogP contribution >= 0.6 is 24.0 Å². The fourth-order valence-electron chi connectivity index (χ4n) is 2.60. The molecular formula is C21H26F3IN4O2. The van der Waals surface area contributed by atoms with E-state index in [4.69, 9.17) is 0 Å². The van der Waals surface area contributed by atoms with Crippen LogP contribution in [0, 0.1) is 0 Å². The summed E-state index contributed by atoms with van der Waals surface area (Å²) in [4.78, 5) is 16.3. The number of amides is 1. The predicted octanol–water partition coefficient (Wildman–Crippen LogP) is 3.90. The summed E-state index contributed by atoms with van der Waals surface area (Å²) in [5.41, 5.74) is 0.134. The number of carbonyl (C=O) groups is 1. The maximum absolute atomic E-state index is 12.8. The molecule has 2 rings (SSSR count). The first-order chi connectivity index (χ1) is 14.3. The van der Waals surface area contributed by atoms with E-state index in [-0.39, 0.29) is 42.2 Å². The van der Waals surface area contributed by atoms with Gasteiger partial charge in [-0.2, -0.15) is 13.2 Å². The van der Waals surface area contributed by atoms with Crippen molar-refractivity contribution in [2.75, 3.05) is 19.6 Å². The van der Waals surface area contributed by atoms with E-state index in [1.165, 1.54) is 18.2 Å². The summed E-state index contributed by atoms with van der Waals surface area (Å²) in [5, 5.41) is 18.3. The van der Waals surface area contributed by atoms with E-state index < -0.39 is 11.7 Å². The number of aromatic hydroxyl groups is 1. The Bertz CT molecular complexity index is 876. The van der Waals surface area contributed by atoms with Gasteiger partial charge in [-0.15, -0.1) is 24.0 Å². The van der Waals surface area contributed by atoms with Gasteiger partial charge in [0.25, 0.3) is 5.91 Å². The summed E-state index contributed by atoms with van der Waals surface area (Å²) in [6.45, 7) is 3.51. The number of alkyl halides is 3. The Morgan fingerprint density at radius 2 is 1.74 bits per heavy atom. The predicted molar refractivity (Wildman–Crippen MR) is 125 cm³/mol. The lowest BCUT2D eigenvalue weighted by Gasteiger charge is -2.12. The normalized spacial score (nSPS) is 11.4. The standard InChI is InChI=1S/C21H25F3N4O2.HI/c1-2-25-20(28-14-15-6-3-8-17(12-15)21(22,23)24)27-11-5-10-26-19(30)16-7-4-9-18(29)13-16;/h3-4,6-9,12-13,29H,2,5,10-11,14H2,1H3,(H,26,30)(H2,25,27,28);1H. The van der Waals surface area contributed by atoms with Crippen LogP contribution in [0.3, 0.4) is 0 Å².